The van der Waals surface area contributed by atoms with Crippen LogP contribution in [0.25, 0.3) is 49.7 Å². The van der Waals surface area contributed by atoms with Gasteiger partial charge in [-0.2, -0.15) is 0 Å². The molecular weight excluding hydrogens is 482 g/mol. The van der Waals surface area contributed by atoms with Crippen LogP contribution >= 0.6 is 0 Å². The van der Waals surface area contributed by atoms with Crippen LogP contribution in [0.2, 0.25) is 0 Å². The van der Waals surface area contributed by atoms with E-state index in [2.05, 4.69) is 164 Å². The van der Waals surface area contributed by atoms with Gasteiger partial charge in [-0.25, -0.2) is 0 Å². The highest BCUT2D eigenvalue weighted by Gasteiger charge is 2.18. The Labute approximate surface area is 236 Å². The third kappa shape index (κ3) is 4.12. The molecule has 0 spiro atoms. The summed E-state index contributed by atoms with van der Waals surface area (Å²) in [6.45, 7) is 4.53. The number of nitrogens with zero attached hydrogens (tertiary/aromatic N) is 1. The second-order valence-corrected chi connectivity index (χ2v) is 10.7. The fourth-order valence-electron chi connectivity index (χ4n) is 6.15. The number of fused-ring (bicyclic) bond motifs is 3. The Hall–Kier alpha value is -4.88. The van der Waals surface area contributed by atoms with Crippen LogP contribution in [0.5, 0.6) is 0 Å². The standard InChI is InChI=1S/C39H31N/c1-27-13-9-10-18-33(27)36-25-30(21-23-34(36)28(2)29-14-5-3-6-15-29)31-22-24-39-37(26-31)35-19-11-12-20-38(35)40(39)32-16-7-4-8-17-32/h3-26,28H,1-2H3/t28-/m0/s1. The summed E-state index contributed by atoms with van der Waals surface area (Å²) in [5.41, 5.74) is 12.7. The van der Waals surface area contributed by atoms with Crippen molar-refractivity contribution in [1.82, 2.24) is 4.57 Å². The van der Waals surface area contributed by atoms with Gasteiger partial charge in [-0.05, 0) is 82.3 Å². The largest absolute Gasteiger partial charge is 0.309 e. The van der Waals surface area contributed by atoms with Gasteiger partial charge < -0.3 is 4.57 Å². The lowest BCUT2D eigenvalue weighted by Crippen LogP contribution is -2.00. The second-order valence-electron chi connectivity index (χ2n) is 10.7. The first-order valence-electron chi connectivity index (χ1n) is 14.0. The van der Waals surface area contributed by atoms with Crippen molar-refractivity contribution in [3.05, 3.63) is 162 Å². The fourth-order valence-corrected chi connectivity index (χ4v) is 6.15. The maximum absolute atomic E-state index is 2.40. The summed E-state index contributed by atoms with van der Waals surface area (Å²) < 4.78 is 2.37. The first-order chi connectivity index (χ1) is 19.7. The Morgan fingerprint density at radius 2 is 1.12 bits per heavy atom. The van der Waals surface area contributed by atoms with E-state index in [-0.39, 0.29) is 5.92 Å². The third-order valence-corrected chi connectivity index (χ3v) is 8.27. The van der Waals surface area contributed by atoms with Gasteiger partial charge in [0.15, 0.2) is 0 Å². The summed E-state index contributed by atoms with van der Waals surface area (Å²) >= 11 is 0. The highest BCUT2D eigenvalue weighted by atomic mass is 15.0. The zero-order valence-electron chi connectivity index (χ0n) is 22.9. The average Bonchev–Trinajstić information content (AvgIpc) is 3.35. The van der Waals surface area contributed by atoms with Gasteiger partial charge in [0.25, 0.3) is 0 Å². The van der Waals surface area contributed by atoms with Crippen LogP contribution in [0.1, 0.15) is 29.5 Å². The molecule has 0 aliphatic rings. The van der Waals surface area contributed by atoms with Gasteiger partial charge >= 0.3 is 0 Å². The number of rotatable bonds is 5. The van der Waals surface area contributed by atoms with Crippen molar-refractivity contribution >= 4 is 21.8 Å². The molecule has 0 saturated heterocycles. The molecule has 1 heteroatoms. The van der Waals surface area contributed by atoms with E-state index >= 15 is 0 Å². The van der Waals surface area contributed by atoms with Gasteiger partial charge in [-0.1, -0.05) is 116 Å². The molecule has 0 saturated carbocycles. The van der Waals surface area contributed by atoms with Crippen LogP contribution in [0, 0.1) is 6.92 Å². The normalized spacial score (nSPS) is 12.2. The number of para-hydroxylation sites is 2. The zero-order valence-corrected chi connectivity index (χ0v) is 22.9. The summed E-state index contributed by atoms with van der Waals surface area (Å²) in [5, 5.41) is 2.55. The molecule has 6 aromatic carbocycles. The van der Waals surface area contributed by atoms with Crippen molar-refractivity contribution in [3.63, 3.8) is 0 Å². The van der Waals surface area contributed by atoms with Gasteiger partial charge in [-0.15, -0.1) is 0 Å². The van der Waals surface area contributed by atoms with Crippen molar-refractivity contribution in [2.45, 2.75) is 19.8 Å². The summed E-state index contributed by atoms with van der Waals surface area (Å²) in [5.74, 6) is 0.288. The lowest BCUT2D eigenvalue weighted by Gasteiger charge is -2.20. The number of hydrogen-bond acceptors (Lipinski definition) is 0. The average molecular weight is 514 g/mol. The molecule has 0 fully saturated rings. The monoisotopic (exact) mass is 513 g/mol. The lowest BCUT2D eigenvalue weighted by molar-refractivity contribution is 0.925. The molecule has 0 amide bonds. The van der Waals surface area contributed by atoms with Gasteiger partial charge in [0.05, 0.1) is 11.0 Å². The summed E-state index contributed by atoms with van der Waals surface area (Å²) in [4.78, 5) is 0. The Bertz CT molecular complexity index is 1960. The number of aryl methyl sites for hydroxylation is 1. The van der Waals surface area contributed by atoms with Crippen molar-refractivity contribution in [3.8, 4) is 27.9 Å². The van der Waals surface area contributed by atoms with Crippen LogP contribution in [-0.4, -0.2) is 4.57 Å². The third-order valence-electron chi connectivity index (χ3n) is 8.27. The number of aromatic nitrogens is 1. The molecule has 7 aromatic rings. The Kier molecular flexibility index (Phi) is 6.06. The van der Waals surface area contributed by atoms with Crippen LogP contribution in [-0.2, 0) is 0 Å². The molecule has 0 radical (unpaired) electrons. The van der Waals surface area contributed by atoms with Crippen molar-refractivity contribution in [1.29, 1.82) is 0 Å². The fraction of sp³-hybridized carbons (Fsp3) is 0.0769. The highest BCUT2D eigenvalue weighted by molar-refractivity contribution is 6.10. The molecule has 1 nitrogen and oxygen atoms in total. The highest BCUT2D eigenvalue weighted by Crippen LogP contribution is 2.39. The maximum atomic E-state index is 2.40. The van der Waals surface area contributed by atoms with E-state index in [1.54, 1.807) is 0 Å². The predicted octanol–water partition coefficient (Wildman–Crippen LogP) is 10.6. The van der Waals surface area contributed by atoms with Gasteiger partial charge in [0.1, 0.15) is 0 Å². The van der Waals surface area contributed by atoms with Gasteiger partial charge in [0.2, 0.25) is 0 Å². The molecule has 7 rings (SSSR count). The van der Waals surface area contributed by atoms with E-state index in [4.69, 9.17) is 0 Å². The molecule has 192 valence electrons. The van der Waals surface area contributed by atoms with E-state index in [9.17, 15) is 0 Å². The second kappa shape index (κ2) is 10.0. The predicted molar refractivity (Wildman–Crippen MR) is 170 cm³/mol. The summed E-state index contributed by atoms with van der Waals surface area (Å²) in [7, 11) is 0. The topological polar surface area (TPSA) is 4.93 Å². The molecule has 0 N–H and O–H groups in total. The molecule has 0 bridgehead atoms. The first kappa shape index (κ1) is 24.2. The minimum Gasteiger partial charge on any atom is -0.309 e. The lowest BCUT2D eigenvalue weighted by atomic mass is 9.84. The first-order valence-corrected chi connectivity index (χ1v) is 14.0. The minimum atomic E-state index is 0.288. The zero-order chi connectivity index (χ0) is 27.1. The molecule has 40 heavy (non-hydrogen) atoms. The van der Waals surface area contributed by atoms with E-state index in [0.717, 1.165) is 0 Å². The molecule has 0 unspecified atom stereocenters. The smallest absolute Gasteiger partial charge is 0.0541 e. The van der Waals surface area contributed by atoms with Crippen molar-refractivity contribution in [2.75, 3.05) is 0 Å². The molecule has 1 heterocycles. The number of hydrogen-bond donors (Lipinski definition) is 0. The van der Waals surface area contributed by atoms with E-state index < -0.39 is 0 Å². The van der Waals surface area contributed by atoms with E-state index in [0.29, 0.717) is 0 Å². The van der Waals surface area contributed by atoms with E-state index in [1.807, 2.05) is 0 Å². The van der Waals surface area contributed by atoms with Crippen LogP contribution in [0.15, 0.2) is 146 Å². The van der Waals surface area contributed by atoms with Gasteiger partial charge in [0, 0.05) is 22.4 Å². The molecular formula is C39H31N. The quantitative estimate of drug-likeness (QED) is 0.216. The molecule has 1 aromatic heterocycles. The Morgan fingerprint density at radius 3 is 1.93 bits per heavy atom. The Balaban J connectivity index is 1.42. The minimum absolute atomic E-state index is 0.288. The summed E-state index contributed by atoms with van der Waals surface area (Å²) in [6, 6.07) is 52.9. The number of benzene rings is 6. The SMILES string of the molecule is Cc1ccccc1-c1cc(-c2ccc3c(c2)c2ccccc2n3-c2ccccc2)ccc1[C@@H](C)c1ccccc1. The summed E-state index contributed by atoms with van der Waals surface area (Å²) in [6.07, 6.45) is 0. The van der Waals surface area contributed by atoms with Gasteiger partial charge in [-0.3, -0.25) is 0 Å². The van der Waals surface area contributed by atoms with Crippen LogP contribution < -0.4 is 0 Å². The van der Waals surface area contributed by atoms with Crippen molar-refractivity contribution in [2.24, 2.45) is 0 Å². The molecule has 0 aliphatic heterocycles. The van der Waals surface area contributed by atoms with Crippen LogP contribution in [0.4, 0.5) is 0 Å². The molecule has 0 aliphatic carbocycles. The van der Waals surface area contributed by atoms with Crippen LogP contribution in [0.3, 0.4) is 0 Å². The molecule has 1 atom stereocenters. The maximum Gasteiger partial charge on any atom is 0.0541 e. The Morgan fingerprint density at radius 1 is 0.500 bits per heavy atom. The van der Waals surface area contributed by atoms with E-state index in [1.165, 1.54) is 66.4 Å². The van der Waals surface area contributed by atoms with Crippen molar-refractivity contribution < 1.29 is 0 Å².